The Morgan fingerprint density at radius 3 is 2.20 bits per heavy atom. The predicted molar refractivity (Wildman–Crippen MR) is 102 cm³/mol. The smallest absolute Gasteiger partial charge is 0.167 e. The van der Waals surface area contributed by atoms with Crippen molar-refractivity contribution in [2.45, 2.75) is 84.3 Å². The van der Waals surface area contributed by atoms with Crippen LogP contribution in [0.4, 0.5) is 0 Å². The lowest BCUT2D eigenvalue weighted by molar-refractivity contribution is -0.247. The second-order valence-electron chi connectivity index (χ2n) is 10.5. The van der Waals surface area contributed by atoms with Gasteiger partial charge in [-0.2, -0.15) is 0 Å². The van der Waals surface area contributed by atoms with E-state index in [1.165, 1.54) is 44.9 Å². The second kappa shape index (κ2) is 6.51. The van der Waals surface area contributed by atoms with Gasteiger partial charge in [-0.15, -0.1) is 0 Å². The van der Waals surface area contributed by atoms with Crippen molar-refractivity contribution in [1.82, 2.24) is 0 Å². The second-order valence-corrected chi connectivity index (χ2v) is 10.5. The van der Waals surface area contributed by atoms with Crippen LogP contribution in [0.5, 0.6) is 0 Å². The molecule has 7 unspecified atom stereocenters. The molecule has 0 spiro atoms. The quantitative estimate of drug-likeness (QED) is 0.591. The fraction of sp³-hybridized carbons (Fsp3) is 1.00. The molecule has 0 aromatic carbocycles. The zero-order chi connectivity index (χ0) is 17.8. The summed E-state index contributed by atoms with van der Waals surface area (Å²) < 4.78 is 11.6. The molecule has 0 amide bonds. The van der Waals surface area contributed by atoms with Gasteiger partial charge >= 0.3 is 0 Å². The van der Waals surface area contributed by atoms with Gasteiger partial charge in [0.1, 0.15) is 0 Å². The summed E-state index contributed by atoms with van der Waals surface area (Å²) in [6.07, 6.45) is 12.4. The topological polar surface area (TPSA) is 18.5 Å². The van der Waals surface area contributed by atoms with Crippen LogP contribution >= 0.6 is 0 Å². The molecule has 4 aliphatic carbocycles. The van der Waals surface area contributed by atoms with Gasteiger partial charge in [0, 0.05) is 27.1 Å². The molecule has 144 valence electrons. The predicted octanol–water partition coefficient (Wildman–Crippen LogP) is 5.90. The van der Waals surface area contributed by atoms with E-state index in [1.54, 1.807) is 0 Å². The first kappa shape index (κ1) is 18.3. The molecule has 2 nitrogen and oxygen atoms in total. The summed E-state index contributed by atoms with van der Waals surface area (Å²) in [5, 5.41) is 0. The summed E-state index contributed by atoms with van der Waals surface area (Å²) in [5.74, 6) is 6.35. The van der Waals surface area contributed by atoms with Crippen molar-refractivity contribution in [2.24, 2.45) is 46.8 Å². The van der Waals surface area contributed by atoms with E-state index >= 15 is 0 Å². The van der Waals surface area contributed by atoms with Crippen LogP contribution in [0.1, 0.15) is 78.6 Å². The number of methoxy groups -OCH3 is 2. The van der Waals surface area contributed by atoms with Crippen LogP contribution in [0.15, 0.2) is 0 Å². The van der Waals surface area contributed by atoms with Gasteiger partial charge in [-0.25, -0.2) is 0 Å². The van der Waals surface area contributed by atoms with Gasteiger partial charge in [0.15, 0.2) is 5.79 Å². The molecule has 0 bridgehead atoms. The molecule has 4 rings (SSSR count). The normalized spacial score (nSPS) is 48.7. The molecule has 0 heterocycles. The highest BCUT2D eigenvalue weighted by atomic mass is 16.7. The minimum absolute atomic E-state index is 0.284. The van der Waals surface area contributed by atoms with Crippen LogP contribution in [0.2, 0.25) is 0 Å². The summed E-state index contributed by atoms with van der Waals surface area (Å²) >= 11 is 0. The standard InChI is InChI=1S/C23H40O2/c1-15(2)20-8-9-21-19-7-6-16-14-23(24-4,25-5)13-11-17(16)18(19)10-12-22(20,21)3/h15-21H,6-14H2,1-5H3. The zero-order valence-corrected chi connectivity index (χ0v) is 17.2. The van der Waals surface area contributed by atoms with Crippen molar-refractivity contribution in [2.75, 3.05) is 14.2 Å². The van der Waals surface area contributed by atoms with Crippen molar-refractivity contribution in [3.8, 4) is 0 Å². The Morgan fingerprint density at radius 2 is 1.52 bits per heavy atom. The first-order valence-electron chi connectivity index (χ1n) is 11.0. The highest BCUT2D eigenvalue weighted by Gasteiger charge is 2.58. The average molecular weight is 349 g/mol. The third-order valence-electron chi connectivity index (χ3n) is 9.57. The van der Waals surface area contributed by atoms with E-state index in [0.717, 1.165) is 54.3 Å². The molecule has 25 heavy (non-hydrogen) atoms. The van der Waals surface area contributed by atoms with E-state index in [9.17, 15) is 0 Å². The maximum atomic E-state index is 5.82. The summed E-state index contributed by atoms with van der Waals surface area (Å²) in [7, 11) is 3.68. The molecule has 7 atom stereocenters. The lowest BCUT2D eigenvalue weighted by atomic mass is 9.49. The first-order valence-corrected chi connectivity index (χ1v) is 11.0. The Balaban J connectivity index is 1.52. The fourth-order valence-electron chi connectivity index (χ4n) is 8.41. The van der Waals surface area contributed by atoms with Crippen molar-refractivity contribution < 1.29 is 9.47 Å². The highest BCUT2D eigenvalue weighted by Crippen LogP contribution is 2.65. The number of hydrogen-bond donors (Lipinski definition) is 0. The third-order valence-corrected chi connectivity index (χ3v) is 9.57. The van der Waals surface area contributed by atoms with Gasteiger partial charge in [0.05, 0.1) is 0 Å². The molecule has 0 N–H and O–H groups in total. The molecule has 2 heteroatoms. The monoisotopic (exact) mass is 348 g/mol. The Labute approximate surface area is 155 Å². The van der Waals surface area contributed by atoms with Crippen LogP contribution in [-0.2, 0) is 9.47 Å². The van der Waals surface area contributed by atoms with E-state index in [4.69, 9.17) is 9.47 Å². The lowest BCUT2D eigenvalue weighted by Gasteiger charge is -2.57. The number of hydrogen-bond acceptors (Lipinski definition) is 2. The summed E-state index contributed by atoms with van der Waals surface area (Å²) in [6.45, 7) is 7.61. The van der Waals surface area contributed by atoms with Gasteiger partial charge < -0.3 is 9.47 Å². The molecular weight excluding hydrogens is 308 g/mol. The van der Waals surface area contributed by atoms with Crippen molar-refractivity contribution in [3.63, 3.8) is 0 Å². The number of ether oxygens (including phenoxy) is 2. The van der Waals surface area contributed by atoms with Crippen molar-refractivity contribution in [3.05, 3.63) is 0 Å². The molecule has 0 saturated heterocycles. The Kier molecular flexibility index (Phi) is 4.77. The van der Waals surface area contributed by atoms with E-state index in [0.29, 0.717) is 5.41 Å². The third kappa shape index (κ3) is 2.73. The largest absolute Gasteiger partial charge is 0.353 e. The van der Waals surface area contributed by atoms with Crippen molar-refractivity contribution >= 4 is 0 Å². The summed E-state index contributed by atoms with van der Waals surface area (Å²) in [6, 6.07) is 0. The maximum absolute atomic E-state index is 5.82. The maximum Gasteiger partial charge on any atom is 0.167 e. The van der Waals surface area contributed by atoms with Crippen LogP contribution < -0.4 is 0 Å². The average Bonchev–Trinajstić information content (AvgIpc) is 2.98. The molecular formula is C23H40O2. The molecule has 0 radical (unpaired) electrons. The van der Waals surface area contributed by atoms with Gasteiger partial charge in [0.2, 0.25) is 0 Å². The number of rotatable bonds is 3. The van der Waals surface area contributed by atoms with Crippen LogP contribution in [0, 0.1) is 46.8 Å². The Morgan fingerprint density at radius 1 is 0.800 bits per heavy atom. The van der Waals surface area contributed by atoms with Crippen LogP contribution in [0.3, 0.4) is 0 Å². The lowest BCUT2D eigenvalue weighted by Crippen LogP contribution is -2.52. The fourth-order valence-corrected chi connectivity index (χ4v) is 8.41. The number of fused-ring (bicyclic) bond motifs is 5. The molecule has 0 aromatic rings. The molecule has 4 fully saturated rings. The first-order chi connectivity index (χ1) is 11.9. The zero-order valence-electron chi connectivity index (χ0n) is 17.2. The van der Waals surface area contributed by atoms with Gasteiger partial charge in [-0.05, 0) is 91.8 Å². The molecule has 0 aliphatic heterocycles. The van der Waals surface area contributed by atoms with Gasteiger partial charge in [-0.3, -0.25) is 0 Å². The van der Waals surface area contributed by atoms with E-state index < -0.39 is 0 Å². The van der Waals surface area contributed by atoms with Crippen LogP contribution in [-0.4, -0.2) is 20.0 Å². The Hall–Kier alpha value is -0.0800. The van der Waals surface area contributed by atoms with Gasteiger partial charge in [0.25, 0.3) is 0 Å². The molecule has 0 aromatic heterocycles. The van der Waals surface area contributed by atoms with Gasteiger partial charge in [-0.1, -0.05) is 20.8 Å². The van der Waals surface area contributed by atoms with E-state index in [2.05, 4.69) is 20.8 Å². The minimum Gasteiger partial charge on any atom is -0.353 e. The highest BCUT2D eigenvalue weighted by molar-refractivity contribution is 5.07. The van der Waals surface area contributed by atoms with E-state index in [1.807, 2.05) is 14.2 Å². The summed E-state index contributed by atoms with van der Waals surface area (Å²) in [5.41, 5.74) is 0.639. The molecule has 4 aliphatic rings. The minimum atomic E-state index is -0.284. The Bertz CT molecular complexity index is 482. The molecule has 4 saturated carbocycles. The van der Waals surface area contributed by atoms with Crippen molar-refractivity contribution in [1.29, 1.82) is 0 Å². The van der Waals surface area contributed by atoms with Crippen LogP contribution in [0.25, 0.3) is 0 Å². The SMILES string of the molecule is COC1(OC)CCC2C(CCC3C2CCC2(C)C(C(C)C)CCC32)C1. The summed E-state index contributed by atoms with van der Waals surface area (Å²) in [4.78, 5) is 0. The van der Waals surface area contributed by atoms with E-state index in [-0.39, 0.29) is 5.79 Å².